The van der Waals surface area contributed by atoms with Crippen LogP contribution in [0.4, 0.5) is 0 Å². The van der Waals surface area contributed by atoms with Crippen LogP contribution in [0.2, 0.25) is 0 Å². The summed E-state index contributed by atoms with van der Waals surface area (Å²) in [6.07, 6.45) is 2.61. The van der Waals surface area contributed by atoms with Crippen molar-refractivity contribution in [1.29, 1.82) is 0 Å². The number of hydrogen-bond donors (Lipinski definition) is 0. The molecule has 0 spiro atoms. The Balaban J connectivity index is 1.92. The predicted octanol–water partition coefficient (Wildman–Crippen LogP) is 2.94. The summed E-state index contributed by atoms with van der Waals surface area (Å²) in [6.45, 7) is 3.84. The molecule has 1 heterocycles. The largest absolute Gasteiger partial charge is 0.494 e. The number of unbranched alkanes of at least 4 members (excludes halogenated alkanes) is 1. The summed E-state index contributed by atoms with van der Waals surface area (Å²) < 4.78 is 10.8. The Hall–Kier alpha value is -1.02. The monoisotopic (exact) mass is 192 g/mol. The van der Waals surface area contributed by atoms with Crippen molar-refractivity contribution in [2.24, 2.45) is 0 Å². The second kappa shape index (κ2) is 4.47. The van der Waals surface area contributed by atoms with Gasteiger partial charge in [0.2, 0.25) is 0 Å². The molecule has 0 aliphatic carbocycles. The van der Waals surface area contributed by atoms with E-state index in [9.17, 15) is 0 Å². The Bertz CT molecular complexity index is 292. The molecular formula is C12H16O2. The zero-order valence-corrected chi connectivity index (χ0v) is 8.53. The zero-order chi connectivity index (χ0) is 9.80. The van der Waals surface area contributed by atoms with E-state index in [1.807, 2.05) is 12.1 Å². The quantitative estimate of drug-likeness (QED) is 0.528. The maximum absolute atomic E-state index is 5.61. The fourth-order valence-electron chi connectivity index (χ4n) is 1.38. The molecule has 0 saturated carbocycles. The van der Waals surface area contributed by atoms with E-state index in [1.54, 1.807) is 0 Å². The fourth-order valence-corrected chi connectivity index (χ4v) is 1.38. The molecule has 2 heteroatoms. The Morgan fingerprint density at radius 3 is 3.07 bits per heavy atom. The van der Waals surface area contributed by atoms with Crippen LogP contribution in [0.25, 0.3) is 0 Å². The Morgan fingerprint density at radius 1 is 1.50 bits per heavy atom. The van der Waals surface area contributed by atoms with Crippen LogP contribution in [0, 0.1) is 0 Å². The molecule has 1 aliphatic rings. The first kappa shape index (κ1) is 9.53. The van der Waals surface area contributed by atoms with E-state index in [1.165, 1.54) is 12.0 Å². The molecule has 0 bridgehead atoms. The minimum absolute atomic E-state index is 0.324. The second-order valence-corrected chi connectivity index (χ2v) is 3.60. The minimum atomic E-state index is 0.324. The molecule has 1 saturated heterocycles. The van der Waals surface area contributed by atoms with Crippen molar-refractivity contribution in [3.05, 3.63) is 29.8 Å². The summed E-state index contributed by atoms with van der Waals surface area (Å²) in [5.74, 6) is 0.964. The van der Waals surface area contributed by atoms with Crippen molar-refractivity contribution in [2.45, 2.75) is 25.9 Å². The molecule has 76 valence electrons. The van der Waals surface area contributed by atoms with Crippen molar-refractivity contribution in [3.8, 4) is 5.75 Å². The first-order chi connectivity index (χ1) is 6.90. The molecule has 2 rings (SSSR count). The van der Waals surface area contributed by atoms with Crippen molar-refractivity contribution in [1.82, 2.24) is 0 Å². The first-order valence-corrected chi connectivity index (χ1v) is 5.24. The molecule has 0 amide bonds. The summed E-state index contributed by atoms with van der Waals surface area (Å²) in [4.78, 5) is 0. The Morgan fingerprint density at radius 2 is 2.36 bits per heavy atom. The van der Waals surface area contributed by atoms with Crippen molar-refractivity contribution < 1.29 is 9.47 Å². The van der Waals surface area contributed by atoms with Gasteiger partial charge in [-0.3, -0.25) is 0 Å². The normalized spacial score (nSPS) is 19.4. The number of epoxide rings is 1. The molecule has 1 fully saturated rings. The lowest BCUT2D eigenvalue weighted by Gasteiger charge is -2.05. The van der Waals surface area contributed by atoms with E-state index in [2.05, 4.69) is 19.1 Å². The molecule has 0 radical (unpaired) electrons. The molecule has 1 aromatic carbocycles. The summed E-state index contributed by atoms with van der Waals surface area (Å²) in [6, 6.07) is 8.19. The number of rotatable bonds is 5. The topological polar surface area (TPSA) is 21.8 Å². The van der Waals surface area contributed by atoms with Gasteiger partial charge in [-0.1, -0.05) is 25.5 Å². The van der Waals surface area contributed by atoms with Crippen molar-refractivity contribution in [3.63, 3.8) is 0 Å². The summed E-state index contributed by atoms with van der Waals surface area (Å²) >= 11 is 0. The van der Waals surface area contributed by atoms with Gasteiger partial charge in [-0.15, -0.1) is 0 Å². The second-order valence-electron chi connectivity index (χ2n) is 3.60. The molecule has 0 N–H and O–H groups in total. The smallest absolute Gasteiger partial charge is 0.119 e. The highest BCUT2D eigenvalue weighted by Crippen LogP contribution is 2.31. The Labute approximate surface area is 84.8 Å². The van der Waals surface area contributed by atoms with Crippen LogP contribution in [-0.2, 0) is 4.74 Å². The predicted molar refractivity (Wildman–Crippen MR) is 55.5 cm³/mol. The van der Waals surface area contributed by atoms with Gasteiger partial charge in [-0.25, -0.2) is 0 Å². The number of ether oxygens (including phenoxy) is 2. The average molecular weight is 192 g/mol. The molecule has 0 aromatic heterocycles. The molecule has 1 aliphatic heterocycles. The molecule has 1 aromatic rings. The van der Waals surface area contributed by atoms with Gasteiger partial charge in [-0.05, 0) is 24.1 Å². The zero-order valence-electron chi connectivity index (χ0n) is 8.53. The van der Waals surface area contributed by atoms with Gasteiger partial charge in [0.1, 0.15) is 11.9 Å². The van der Waals surface area contributed by atoms with E-state index >= 15 is 0 Å². The lowest BCUT2D eigenvalue weighted by Crippen LogP contribution is -1.96. The van der Waals surface area contributed by atoms with E-state index in [0.29, 0.717) is 6.10 Å². The van der Waals surface area contributed by atoms with Crippen LogP contribution < -0.4 is 4.74 Å². The van der Waals surface area contributed by atoms with Gasteiger partial charge >= 0.3 is 0 Å². The van der Waals surface area contributed by atoms with Crippen LogP contribution in [0.5, 0.6) is 5.75 Å². The SMILES string of the molecule is CCCCOc1cccc(C2CO2)c1. The number of benzene rings is 1. The highest BCUT2D eigenvalue weighted by Gasteiger charge is 2.24. The number of hydrogen-bond acceptors (Lipinski definition) is 2. The van der Waals surface area contributed by atoms with E-state index in [-0.39, 0.29) is 0 Å². The molecule has 1 atom stereocenters. The summed E-state index contributed by atoms with van der Waals surface area (Å²) in [5, 5.41) is 0. The third kappa shape index (κ3) is 2.48. The maximum atomic E-state index is 5.61. The van der Waals surface area contributed by atoms with Crippen LogP contribution >= 0.6 is 0 Å². The molecule has 1 unspecified atom stereocenters. The van der Waals surface area contributed by atoms with Gasteiger partial charge in [0.05, 0.1) is 13.2 Å². The van der Waals surface area contributed by atoms with E-state index < -0.39 is 0 Å². The van der Waals surface area contributed by atoms with Gasteiger partial charge in [-0.2, -0.15) is 0 Å². The average Bonchev–Trinajstić information content (AvgIpc) is 3.02. The summed E-state index contributed by atoms with van der Waals surface area (Å²) in [5.41, 5.74) is 1.24. The lowest BCUT2D eigenvalue weighted by atomic mass is 10.1. The van der Waals surface area contributed by atoms with Gasteiger partial charge in [0, 0.05) is 0 Å². The molecule has 14 heavy (non-hydrogen) atoms. The summed E-state index contributed by atoms with van der Waals surface area (Å²) in [7, 11) is 0. The van der Waals surface area contributed by atoms with Gasteiger partial charge in [0.25, 0.3) is 0 Å². The fraction of sp³-hybridized carbons (Fsp3) is 0.500. The Kier molecular flexibility index (Phi) is 3.04. The van der Waals surface area contributed by atoms with Crippen LogP contribution in [0.3, 0.4) is 0 Å². The molecule has 2 nitrogen and oxygen atoms in total. The van der Waals surface area contributed by atoms with Crippen LogP contribution in [0.1, 0.15) is 31.4 Å². The third-order valence-corrected chi connectivity index (χ3v) is 2.33. The van der Waals surface area contributed by atoms with Crippen molar-refractivity contribution in [2.75, 3.05) is 13.2 Å². The van der Waals surface area contributed by atoms with Gasteiger partial charge < -0.3 is 9.47 Å². The van der Waals surface area contributed by atoms with Crippen molar-refractivity contribution >= 4 is 0 Å². The van der Waals surface area contributed by atoms with Crippen LogP contribution in [-0.4, -0.2) is 13.2 Å². The third-order valence-electron chi connectivity index (χ3n) is 2.33. The van der Waals surface area contributed by atoms with E-state index in [4.69, 9.17) is 9.47 Å². The highest BCUT2D eigenvalue weighted by atomic mass is 16.6. The van der Waals surface area contributed by atoms with Gasteiger partial charge in [0.15, 0.2) is 0 Å². The molecular weight excluding hydrogens is 176 g/mol. The van der Waals surface area contributed by atoms with Crippen LogP contribution in [0.15, 0.2) is 24.3 Å². The minimum Gasteiger partial charge on any atom is -0.494 e. The maximum Gasteiger partial charge on any atom is 0.119 e. The highest BCUT2D eigenvalue weighted by molar-refractivity contribution is 5.31. The first-order valence-electron chi connectivity index (χ1n) is 5.24. The lowest BCUT2D eigenvalue weighted by molar-refractivity contribution is 0.308. The van der Waals surface area contributed by atoms with E-state index in [0.717, 1.165) is 25.4 Å². The standard InChI is InChI=1S/C12H16O2/c1-2-3-7-13-11-6-4-5-10(8-11)12-9-14-12/h4-6,8,12H,2-3,7,9H2,1H3.